The molecule has 1 aliphatic heterocycles. The lowest BCUT2D eigenvalue weighted by Crippen LogP contribution is -2.42. The van der Waals surface area contributed by atoms with E-state index in [1.54, 1.807) is 6.26 Å². The molecule has 0 amide bonds. The highest BCUT2D eigenvalue weighted by molar-refractivity contribution is 14.0. The molecule has 0 unspecified atom stereocenters. The predicted molar refractivity (Wildman–Crippen MR) is 115 cm³/mol. The number of halogens is 1. The van der Waals surface area contributed by atoms with Crippen molar-refractivity contribution in [3.63, 3.8) is 0 Å². The van der Waals surface area contributed by atoms with Gasteiger partial charge in [-0.05, 0) is 43.7 Å². The van der Waals surface area contributed by atoms with Gasteiger partial charge in [-0.3, -0.25) is 0 Å². The number of nitrogens with one attached hydrogen (secondary N) is 1. The average Bonchev–Trinajstić information content (AvgIpc) is 3.26. The molecule has 2 aliphatic rings. The van der Waals surface area contributed by atoms with E-state index in [2.05, 4.69) is 22.1 Å². The average molecular weight is 466 g/mol. The van der Waals surface area contributed by atoms with E-state index in [1.807, 2.05) is 30.3 Å². The van der Waals surface area contributed by atoms with Crippen molar-refractivity contribution in [2.75, 3.05) is 19.6 Å². The van der Waals surface area contributed by atoms with E-state index in [-0.39, 0.29) is 24.0 Å². The molecule has 2 aromatic rings. The maximum Gasteiger partial charge on any atom is 0.226 e. The van der Waals surface area contributed by atoms with Crippen LogP contribution in [0.3, 0.4) is 0 Å². The Labute approximate surface area is 172 Å². The first-order chi connectivity index (χ1) is 12.3. The van der Waals surface area contributed by atoms with Gasteiger partial charge in [-0.2, -0.15) is 0 Å². The number of nitrogens with zero attached hydrogens (tertiary/aromatic N) is 3. The number of guanidine groups is 1. The lowest BCUT2D eigenvalue weighted by atomic mass is 9.68. The number of benzene rings is 1. The third-order valence-corrected chi connectivity index (χ3v) is 5.45. The highest BCUT2D eigenvalue weighted by atomic mass is 127. The van der Waals surface area contributed by atoms with Gasteiger partial charge < -0.3 is 14.6 Å². The van der Waals surface area contributed by atoms with Gasteiger partial charge in [0.2, 0.25) is 5.89 Å². The van der Waals surface area contributed by atoms with E-state index in [4.69, 9.17) is 9.41 Å². The van der Waals surface area contributed by atoms with E-state index in [0.29, 0.717) is 17.9 Å². The molecular weight excluding hydrogens is 439 g/mol. The van der Waals surface area contributed by atoms with Crippen molar-refractivity contribution in [2.24, 2.45) is 10.4 Å². The van der Waals surface area contributed by atoms with Crippen molar-refractivity contribution in [3.8, 4) is 11.5 Å². The number of hydrogen-bond acceptors (Lipinski definition) is 3. The fourth-order valence-corrected chi connectivity index (χ4v) is 3.88. The van der Waals surface area contributed by atoms with Gasteiger partial charge in [-0.1, -0.05) is 24.6 Å². The molecule has 4 rings (SSSR count). The van der Waals surface area contributed by atoms with Gasteiger partial charge in [0, 0.05) is 25.2 Å². The van der Waals surface area contributed by atoms with Crippen LogP contribution in [0.5, 0.6) is 0 Å². The van der Waals surface area contributed by atoms with Crippen LogP contribution < -0.4 is 5.32 Å². The molecule has 6 heteroatoms. The molecular formula is C20H27IN4O. The second kappa shape index (κ2) is 8.41. The highest BCUT2D eigenvalue weighted by Crippen LogP contribution is 2.47. The van der Waals surface area contributed by atoms with Crippen LogP contribution in [0.4, 0.5) is 0 Å². The number of aromatic nitrogens is 1. The maximum absolute atomic E-state index is 5.61. The van der Waals surface area contributed by atoms with Crippen LogP contribution in [0.25, 0.3) is 11.5 Å². The lowest BCUT2D eigenvalue weighted by Gasteiger charge is -2.38. The van der Waals surface area contributed by atoms with Crippen LogP contribution in [-0.4, -0.2) is 35.5 Å². The van der Waals surface area contributed by atoms with Gasteiger partial charge in [0.1, 0.15) is 12.0 Å². The first-order valence-corrected chi connectivity index (χ1v) is 9.31. The molecule has 1 aromatic heterocycles. The monoisotopic (exact) mass is 466 g/mol. The SMILES string of the molecule is CCNC(=NCc1coc(-c2ccccc2)n1)N1CCC2(CCC2)C1.I. The van der Waals surface area contributed by atoms with Crippen LogP contribution >= 0.6 is 24.0 Å². The summed E-state index contributed by atoms with van der Waals surface area (Å²) in [6.07, 6.45) is 7.17. The molecule has 2 heterocycles. The molecule has 1 saturated heterocycles. The van der Waals surface area contributed by atoms with Crippen LogP contribution in [0, 0.1) is 5.41 Å². The van der Waals surface area contributed by atoms with E-state index in [0.717, 1.165) is 36.9 Å². The van der Waals surface area contributed by atoms with Crippen LogP contribution in [0.1, 0.15) is 38.3 Å². The van der Waals surface area contributed by atoms with E-state index in [9.17, 15) is 0 Å². The second-order valence-electron chi connectivity index (χ2n) is 7.21. The van der Waals surface area contributed by atoms with Crippen LogP contribution in [0.2, 0.25) is 0 Å². The number of likely N-dealkylation sites (tertiary alicyclic amines) is 1. The Kier molecular flexibility index (Phi) is 6.21. The Morgan fingerprint density at radius 3 is 2.73 bits per heavy atom. The summed E-state index contributed by atoms with van der Waals surface area (Å²) >= 11 is 0. The number of oxazole rings is 1. The Morgan fingerprint density at radius 2 is 2.08 bits per heavy atom. The van der Waals surface area contributed by atoms with Crippen molar-refractivity contribution in [3.05, 3.63) is 42.3 Å². The van der Waals surface area contributed by atoms with Crippen molar-refractivity contribution < 1.29 is 4.42 Å². The standard InChI is InChI=1S/C20H26N4O.HI/c1-2-21-19(24-12-11-20(15-24)9-6-10-20)22-13-17-14-25-18(23-17)16-7-4-3-5-8-16;/h3-5,7-8,14H,2,6,9-13,15H2,1H3,(H,21,22);1H. The largest absolute Gasteiger partial charge is 0.444 e. The van der Waals surface area contributed by atoms with Crippen molar-refractivity contribution in [2.45, 2.75) is 39.2 Å². The maximum atomic E-state index is 5.61. The minimum atomic E-state index is 0. The van der Waals surface area contributed by atoms with E-state index in [1.165, 1.54) is 25.7 Å². The Hall–Kier alpha value is -1.57. The molecule has 140 valence electrons. The van der Waals surface area contributed by atoms with Crippen LogP contribution in [0.15, 0.2) is 46.0 Å². The molecule has 2 fully saturated rings. The molecule has 0 radical (unpaired) electrons. The Bertz CT molecular complexity index is 739. The normalized spacial score (nSPS) is 18.5. The molecule has 0 atom stereocenters. The quantitative estimate of drug-likeness (QED) is 0.415. The summed E-state index contributed by atoms with van der Waals surface area (Å²) in [7, 11) is 0. The topological polar surface area (TPSA) is 53.7 Å². The van der Waals surface area contributed by atoms with Gasteiger partial charge in [0.15, 0.2) is 5.96 Å². The third-order valence-electron chi connectivity index (χ3n) is 5.45. The second-order valence-corrected chi connectivity index (χ2v) is 7.21. The zero-order valence-electron chi connectivity index (χ0n) is 15.3. The predicted octanol–water partition coefficient (Wildman–Crippen LogP) is 4.30. The molecule has 1 saturated carbocycles. The molecule has 1 spiro atoms. The molecule has 26 heavy (non-hydrogen) atoms. The summed E-state index contributed by atoms with van der Waals surface area (Å²) in [5.41, 5.74) is 2.44. The summed E-state index contributed by atoms with van der Waals surface area (Å²) in [5, 5.41) is 3.44. The minimum Gasteiger partial charge on any atom is -0.444 e. The van der Waals surface area contributed by atoms with E-state index < -0.39 is 0 Å². The van der Waals surface area contributed by atoms with Gasteiger partial charge in [-0.25, -0.2) is 9.98 Å². The Morgan fingerprint density at radius 1 is 1.27 bits per heavy atom. The Balaban J connectivity index is 0.00000196. The van der Waals surface area contributed by atoms with Crippen molar-refractivity contribution in [1.29, 1.82) is 0 Å². The number of aliphatic imine (C=N–C) groups is 1. The molecule has 1 aliphatic carbocycles. The zero-order valence-corrected chi connectivity index (χ0v) is 17.6. The van der Waals surface area contributed by atoms with Gasteiger partial charge in [0.05, 0.1) is 6.54 Å². The smallest absolute Gasteiger partial charge is 0.226 e. The minimum absolute atomic E-state index is 0. The fraction of sp³-hybridized carbons (Fsp3) is 0.500. The molecule has 0 bridgehead atoms. The van der Waals surface area contributed by atoms with Crippen molar-refractivity contribution in [1.82, 2.24) is 15.2 Å². The number of rotatable bonds is 4. The zero-order chi connectivity index (χ0) is 17.1. The highest BCUT2D eigenvalue weighted by Gasteiger charge is 2.43. The van der Waals surface area contributed by atoms with E-state index >= 15 is 0 Å². The molecule has 1 aromatic carbocycles. The summed E-state index contributed by atoms with van der Waals surface area (Å²) in [6, 6.07) is 9.98. The first-order valence-electron chi connectivity index (χ1n) is 9.31. The summed E-state index contributed by atoms with van der Waals surface area (Å²) in [6.45, 7) is 5.81. The first kappa shape index (κ1) is 19.2. The summed E-state index contributed by atoms with van der Waals surface area (Å²) < 4.78 is 5.61. The van der Waals surface area contributed by atoms with Gasteiger partial charge in [-0.15, -0.1) is 24.0 Å². The summed E-state index contributed by atoms with van der Waals surface area (Å²) in [5.74, 6) is 1.67. The fourth-order valence-electron chi connectivity index (χ4n) is 3.88. The molecule has 1 N–H and O–H groups in total. The third kappa shape index (κ3) is 4.05. The van der Waals surface area contributed by atoms with Gasteiger partial charge in [0.25, 0.3) is 0 Å². The lowest BCUT2D eigenvalue weighted by molar-refractivity contribution is 0.151. The molecule has 5 nitrogen and oxygen atoms in total. The summed E-state index contributed by atoms with van der Waals surface area (Å²) in [4.78, 5) is 11.8. The number of hydrogen-bond donors (Lipinski definition) is 1. The van der Waals surface area contributed by atoms with Crippen molar-refractivity contribution >= 4 is 29.9 Å². The van der Waals surface area contributed by atoms with Crippen LogP contribution in [-0.2, 0) is 6.54 Å². The van der Waals surface area contributed by atoms with Gasteiger partial charge >= 0.3 is 0 Å².